The van der Waals surface area contributed by atoms with E-state index in [4.69, 9.17) is 5.84 Å². The molecule has 0 aliphatic heterocycles. The molecule has 1 aromatic carbocycles. The summed E-state index contributed by atoms with van der Waals surface area (Å²) in [6, 6.07) is 8.43. The average molecular weight is 374 g/mol. The fourth-order valence-electron chi connectivity index (χ4n) is 2.92. The molecule has 1 atom stereocenters. The number of nitrogen functional groups attached to an aromatic ring is 1. The Balaban J connectivity index is 1.49. The molecule has 0 bridgehead atoms. The molecule has 3 N–H and O–H groups in total. The highest BCUT2D eigenvalue weighted by Crippen LogP contribution is 2.39. The lowest BCUT2D eigenvalue weighted by atomic mass is 10.00. The van der Waals surface area contributed by atoms with Gasteiger partial charge in [0, 0.05) is 5.92 Å². The van der Waals surface area contributed by atoms with Crippen LogP contribution >= 0.6 is 11.8 Å². The van der Waals surface area contributed by atoms with E-state index in [1.165, 1.54) is 22.0 Å². The fourth-order valence-corrected chi connectivity index (χ4v) is 3.59. The number of rotatable bonds is 8. The second-order valence-corrected chi connectivity index (χ2v) is 8.34. The summed E-state index contributed by atoms with van der Waals surface area (Å²) >= 11 is 1.32. The molecule has 2 aromatic rings. The van der Waals surface area contributed by atoms with Gasteiger partial charge in [0.1, 0.15) is 0 Å². The van der Waals surface area contributed by atoms with Gasteiger partial charge in [-0.1, -0.05) is 49.9 Å². The summed E-state index contributed by atoms with van der Waals surface area (Å²) in [6.07, 6.45) is 3.31. The minimum atomic E-state index is -0.0373. The van der Waals surface area contributed by atoms with E-state index < -0.39 is 0 Å². The number of nitrogens with one attached hydrogen (secondary N) is 1. The van der Waals surface area contributed by atoms with E-state index in [-0.39, 0.29) is 17.7 Å². The van der Waals surface area contributed by atoms with E-state index in [2.05, 4.69) is 53.6 Å². The van der Waals surface area contributed by atoms with Crippen LogP contribution < -0.4 is 11.2 Å². The van der Waals surface area contributed by atoms with Crippen LogP contribution in [0.25, 0.3) is 0 Å². The van der Waals surface area contributed by atoms with Crippen LogP contribution in [-0.2, 0) is 11.2 Å². The van der Waals surface area contributed by atoms with Crippen LogP contribution in [0.2, 0.25) is 0 Å². The lowest BCUT2D eigenvalue weighted by molar-refractivity contribution is -0.119. The molecule has 1 aliphatic rings. The Hall–Kier alpha value is -2.02. The minimum absolute atomic E-state index is 0.0334. The number of aromatic nitrogens is 3. The van der Waals surface area contributed by atoms with Gasteiger partial charge in [-0.25, -0.2) is 4.68 Å². The Kier molecular flexibility index (Phi) is 5.86. The van der Waals surface area contributed by atoms with Crippen LogP contribution in [0, 0.1) is 5.92 Å². The standard InChI is InChI=1S/C19H27N5OS/c1-12(2)10-14-4-6-15(7-5-14)13(3)21-17(25)11-26-19-23-22-18(24(19)20)16-8-9-16/h4-7,12-13,16H,8-11,20H2,1-3H3,(H,21,25)/t13-/m0/s1. The van der Waals surface area contributed by atoms with Crippen molar-refractivity contribution >= 4 is 17.7 Å². The first-order valence-corrected chi connectivity index (χ1v) is 10.1. The predicted octanol–water partition coefficient (Wildman–Crippen LogP) is 3.04. The largest absolute Gasteiger partial charge is 0.349 e. The van der Waals surface area contributed by atoms with Gasteiger partial charge in [-0.15, -0.1) is 10.2 Å². The molecule has 140 valence electrons. The maximum absolute atomic E-state index is 12.2. The number of nitrogens with zero attached hydrogens (tertiary/aromatic N) is 3. The topological polar surface area (TPSA) is 85.8 Å². The second kappa shape index (κ2) is 8.12. The zero-order chi connectivity index (χ0) is 18.7. The summed E-state index contributed by atoms with van der Waals surface area (Å²) in [5.74, 6) is 8.15. The molecular weight excluding hydrogens is 346 g/mol. The lowest BCUT2D eigenvalue weighted by Crippen LogP contribution is -2.28. The van der Waals surface area contributed by atoms with Crippen molar-refractivity contribution < 1.29 is 4.79 Å². The number of hydrogen-bond donors (Lipinski definition) is 2. The fraction of sp³-hybridized carbons (Fsp3) is 0.526. The number of carbonyl (C=O) groups is 1. The van der Waals surface area contributed by atoms with E-state index >= 15 is 0 Å². The van der Waals surface area contributed by atoms with Gasteiger partial charge in [-0.2, -0.15) is 0 Å². The van der Waals surface area contributed by atoms with Crippen molar-refractivity contribution in [1.82, 2.24) is 20.2 Å². The molecular formula is C19H27N5OS. The molecule has 26 heavy (non-hydrogen) atoms. The van der Waals surface area contributed by atoms with Crippen molar-refractivity contribution in [3.63, 3.8) is 0 Å². The highest BCUT2D eigenvalue weighted by molar-refractivity contribution is 7.99. The van der Waals surface area contributed by atoms with Crippen LogP contribution in [0.5, 0.6) is 0 Å². The van der Waals surface area contributed by atoms with Gasteiger partial charge in [0.25, 0.3) is 0 Å². The van der Waals surface area contributed by atoms with E-state index in [0.717, 1.165) is 30.7 Å². The molecule has 7 heteroatoms. The lowest BCUT2D eigenvalue weighted by Gasteiger charge is -2.15. The number of thioether (sulfide) groups is 1. The van der Waals surface area contributed by atoms with Crippen molar-refractivity contribution in [3.8, 4) is 0 Å². The molecule has 1 heterocycles. The molecule has 1 fully saturated rings. The Morgan fingerprint density at radius 2 is 1.96 bits per heavy atom. The van der Waals surface area contributed by atoms with Crippen molar-refractivity contribution in [2.24, 2.45) is 5.92 Å². The van der Waals surface area contributed by atoms with E-state index in [9.17, 15) is 4.79 Å². The maximum atomic E-state index is 12.2. The van der Waals surface area contributed by atoms with Crippen molar-refractivity contribution in [2.75, 3.05) is 11.6 Å². The van der Waals surface area contributed by atoms with Crippen LogP contribution in [0.3, 0.4) is 0 Å². The number of benzene rings is 1. The highest BCUT2D eigenvalue weighted by Gasteiger charge is 2.30. The molecule has 0 radical (unpaired) electrons. The number of amides is 1. The van der Waals surface area contributed by atoms with Crippen LogP contribution in [-0.4, -0.2) is 26.5 Å². The minimum Gasteiger partial charge on any atom is -0.349 e. The molecule has 1 aromatic heterocycles. The Morgan fingerprint density at radius 3 is 2.58 bits per heavy atom. The Morgan fingerprint density at radius 1 is 1.27 bits per heavy atom. The maximum Gasteiger partial charge on any atom is 0.230 e. The first-order chi connectivity index (χ1) is 12.4. The summed E-state index contributed by atoms with van der Waals surface area (Å²) in [6.45, 7) is 6.42. The first kappa shape index (κ1) is 18.8. The summed E-state index contributed by atoms with van der Waals surface area (Å²) in [5.41, 5.74) is 2.43. The summed E-state index contributed by atoms with van der Waals surface area (Å²) in [5, 5.41) is 11.8. The van der Waals surface area contributed by atoms with E-state index in [0.29, 0.717) is 17.0 Å². The first-order valence-electron chi connectivity index (χ1n) is 9.15. The molecule has 6 nitrogen and oxygen atoms in total. The van der Waals surface area contributed by atoms with Crippen LogP contribution in [0.15, 0.2) is 29.4 Å². The SMILES string of the molecule is CC(C)Cc1ccc([C@H](C)NC(=O)CSc2nnc(C3CC3)n2N)cc1. The predicted molar refractivity (Wildman–Crippen MR) is 104 cm³/mol. The third kappa shape index (κ3) is 4.78. The van der Waals surface area contributed by atoms with Crippen molar-refractivity contribution in [3.05, 3.63) is 41.2 Å². The summed E-state index contributed by atoms with van der Waals surface area (Å²) in [7, 11) is 0. The van der Waals surface area contributed by atoms with Gasteiger partial charge in [-0.3, -0.25) is 4.79 Å². The Bertz CT molecular complexity index is 752. The number of carbonyl (C=O) groups excluding carboxylic acids is 1. The third-order valence-electron chi connectivity index (χ3n) is 4.47. The van der Waals surface area contributed by atoms with E-state index in [1.54, 1.807) is 0 Å². The second-order valence-electron chi connectivity index (χ2n) is 7.40. The van der Waals surface area contributed by atoms with Gasteiger partial charge in [0.2, 0.25) is 11.1 Å². The molecule has 3 rings (SSSR count). The van der Waals surface area contributed by atoms with Crippen LogP contribution in [0.4, 0.5) is 0 Å². The van der Waals surface area contributed by atoms with Crippen molar-refractivity contribution in [2.45, 2.75) is 57.1 Å². The van der Waals surface area contributed by atoms with Crippen LogP contribution in [0.1, 0.15) is 62.5 Å². The number of nitrogens with two attached hydrogens (primary N) is 1. The highest BCUT2D eigenvalue weighted by atomic mass is 32.2. The molecule has 0 saturated heterocycles. The monoisotopic (exact) mass is 373 g/mol. The third-order valence-corrected chi connectivity index (χ3v) is 5.41. The quantitative estimate of drug-likeness (QED) is 0.549. The normalized spacial score (nSPS) is 15.2. The average Bonchev–Trinajstić information content (AvgIpc) is 3.36. The molecule has 1 saturated carbocycles. The molecule has 0 spiro atoms. The zero-order valence-corrected chi connectivity index (χ0v) is 16.4. The zero-order valence-electron chi connectivity index (χ0n) is 15.6. The smallest absolute Gasteiger partial charge is 0.230 e. The van der Waals surface area contributed by atoms with Gasteiger partial charge in [0.05, 0.1) is 11.8 Å². The van der Waals surface area contributed by atoms with Crippen molar-refractivity contribution in [1.29, 1.82) is 0 Å². The van der Waals surface area contributed by atoms with Gasteiger partial charge in [-0.05, 0) is 43.2 Å². The molecule has 1 aliphatic carbocycles. The molecule has 0 unspecified atom stereocenters. The summed E-state index contributed by atoms with van der Waals surface area (Å²) in [4.78, 5) is 12.2. The van der Waals surface area contributed by atoms with Gasteiger partial charge < -0.3 is 11.2 Å². The van der Waals surface area contributed by atoms with Gasteiger partial charge in [0.15, 0.2) is 5.82 Å². The van der Waals surface area contributed by atoms with Gasteiger partial charge >= 0.3 is 0 Å². The number of hydrogen-bond acceptors (Lipinski definition) is 5. The molecule has 1 amide bonds. The van der Waals surface area contributed by atoms with E-state index in [1.807, 2.05) is 6.92 Å². The summed E-state index contributed by atoms with van der Waals surface area (Å²) < 4.78 is 1.52. The Labute approximate surface area is 158 Å².